The van der Waals surface area contributed by atoms with E-state index in [9.17, 15) is 0 Å². The molecule has 2 heterocycles. The average Bonchev–Trinajstić information content (AvgIpc) is 3.11. The van der Waals surface area contributed by atoms with E-state index < -0.39 is 0 Å². The number of rotatable bonds is 4. The summed E-state index contributed by atoms with van der Waals surface area (Å²) < 4.78 is 6.32. The largest absolute Gasteiger partial charge is 0.444 e. The summed E-state index contributed by atoms with van der Waals surface area (Å²) in [4.78, 5) is 13.2. The smallest absolute Gasteiger partial charge is 0.216 e. The van der Waals surface area contributed by atoms with Crippen LogP contribution in [0.3, 0.4) is 0 Å². The van der Waals surface area contributed by atoms with Crippen molar-refractivity contribution in [3.63, 3.8) is 0 Å². The topological polar surface area (TPSA) is 63.8 Å². The standard InChI is InChI=1S/C13H15BrN4O/c1-7-6-15-13(19-7)8(2)16-11-5-10(14)17-12(18-11)9-3-4-9/h5-6,8-9H,3-4H2,1-2H3,(H,16,17,18). The Hall–Kier alpha value is -1.43. The van der Waals surface area contributed by atoms with Crippen LogP contribution in [0.4, 0.5) is 5.82 Å². The minimum Gasteiger partial charge on any atom is -0.444 e. The molecule has 1 N–H and O–H groups in total. The molecule has 0 bridgehead atoms. The van der Waals surface area contributed by atoms with Gasteiger partial charge in [-0.05, 0) is 42.6 Å². The first kappa shape index (κ1) is 12.6. The second-order valence-corrected chi connectivity index (χ2v) is 5.70. The number of aromatic nitrogens is 3. The average molecular weight is 323 g/mol. The lowest BCUT2D eigenvalue weighted by Crippen LogP contribution is -2.09. The summed E-state index contributed by atoms with van der Waals surface area (Å²) in [6.45, 7) is 3.88. The minimum atomic E-state index is -0.0254. The van der Waals surface area contributed by atoms with E-state index in [1.807, 2.05) is 19.9 Å². The summed E-state index contributed by atoms with van der Waals surface area (Å²) >= 11 is 3.43. The molecule has 1 unspecified atom stereocenters. The zero-order valence-corrected chi connectivity index (χ0v) is 12.4. The normalized spacial score (nSPS) is 16.4. The Kier molecular flexibility index (Phi) is 3.26. The highest BCUT2D eigenvalue weighted by molar-refractivity contribution is 9.10. The van der Waals surface area contributed by atoms with Gasteiger partial charge in [-0.3, -0.25) is 0 Å². The van der Waals surface area contributed by atoms with Crippen LogP contribution in [0.15, 0.2) is 21.3 Å². The maximum Gasteiger partial charge on any atom is 0.216 e. The van der Waals surface area contributed by atoms with Crippen LogP contribution in [0.1, 0.15) is 49.2 Å². The molecule has 5 nitrogen and oxygen atoms in total. The first-order valence-electron chi connectivity index (χ1n) is 6.35. The van der Waals surface area contributed by atoms with E-state index in [4.69, 9.17) is 4.42 Å². The molecule has 0 aliphatic heterocycles. The van der Waals surface area contributed by atoms with Crippen molar-refractivity contribution in [3.05, 3.63) is 34.3 Å². The predicted octanol–water partition coefficient (Wildman–Crippen LogP) is 3.59. The Bertz CT molecular complexity index is 594. The Labute approximate surface area is 120 Å². The van der Waals surface area contributed by atoms with Crippen molar-refractivity contribution in [1.29, 1.82) is 0 Å². The summed E-state index contributed by atoms with van der Waals surface area (Å²) in [5.74, 6) is 3.71. The molecular formula is C13H15BrN4O. The third-order valence-electron chi connectivity index (χ3n) is 3.03. The fourth-order valence-corrected chi connectivity index (χ4v) is 2.29. The highest BCUT2D eigenvalue weighted by Gasteiger charge is 2.27. The fourth-order valence-electron chi connectivity index (χ4n) is 1.89. The number of oxazole rings is 1. The first-order chi connectivity index (χ1) is 9.11. The van der Waals surface area contributed by atoms with Crippen molar-refractivity contribution >= 4 is 21.7 Å². The Morgan fingerprint density at radius 2 is 2.21 bits per heavy atom. The summed E-state index contributed by atoms with van der Waals surface area (Å²) in [5.41, 5.74) is 0. The number of nitrogens with one attached hydrogen (secondary N) is 1. The Morgan fingerprint density at radius 1 is 1.42 bits per heavy atom. The molecule has 1 atom stereocenters. The molecule has 0 amide bonds. The van der Waals surface area contributed by atoms with Crippen LogP contribution in [0, 0.1) is 6.92 Å². The molecule has 1 aliphatic carbocycles. The number of hydrogen-bond acceptors (Lipinski definition) is 5. The lowest BCUT2D eigenvalue weighted by Gasteiger charge is -2.12. The van der Waals surface area contributed by atoms with Crippen LogP contribution >= 0.6 is 15.9 Å². The Morgan fingerprint density at radius 3 is 2.84 bits per heavy atom. The van der Waals surface area contributed by atoms with E-state index in [1.54, 1.807) is 6.20 Å². The molecule has 0 spiro atoms. The molecule has 1 saturated carbocycles. The minimum absolute atomic E-state index is 0.0254. The van der Waals surface area contributed by atoms with E-state index in [0.29, 0.717) is 11.8 Å². The van der Waals surface area contributed by atoms with Crippen LogP contribution in [-0.2, 0) is 0 Å². The van der Waals surface area contributed by atoms with Crippen molar-refractivity contribution in [2.24, 2.45) is 0 Å². The summed E-state index contributed by atoms with van der Waals surface area (Å²) in [7, 11) is 0. The second kappa shape index (κ2) is 4.92. The highest BCUT2D eigenvalue weighted by Crippen LogP contribution is 2.39. The molecule has 1 aliphatic rings. The molecule has 3 rings (SSSR count). The lowest BCUT2D eigenvalue weighted by atomic mass is 10.3. The Balaban J connectivity index is 1.78. The fraction of sp³-hybridized carbons (Fsp3) is 0.462. The molecule has 2 aromatic rings. The van der Waals surface area contributed by atoms with Gasteiger partial charge in [-0.25, -0.2) is 15.0 Å². The van der Waals surface area contributed by atoms with Gasteiger partial charge in [-0.15, -0.1) is 0 Å². The summed E-state index contributed by atoms with van der Waals surface area (Å²) in [5, 5.41) is 3.30. The molecule has 0 aromatic carbocycles. The van der Waals surface area contributed by atoms with Gasteiger partial charge in [0.1, 0.15) is 28.0 Å². The van der Waals surface area contributed by atoms with E-state index in [-0.39, 0.29) is 6.04 Å². The van der Waals surface area contributed by atoms with Crippen molar-refractivity contribution < 1.29 is 4.42 Å². The van der Waals surface area contributed by atoms with Gasteiger partial charge in [0.2, 0.25) is 5.89 Å². The molecular weight excluding hydrogens is 308 g/mol. The molecule has 1 fully saturated rings. The van der Waals surface area contributed by atoms with Gasteiger partial charge in [-0.1, -0.05) is 0 Å². The predicted molar refractivity (Wildman–Crippen MR) is 75.0 cm³/mol. The van der Waals surface area contributed by atoms with E-state index in [2.05, 4.69) is 36.2 Å². The number of hydrogen-bond donors (Lipinski definition) is 1. The van der Waals surface area contributed by atoms with Crippen molar-refractivity contribution in [1.82, 2.24) is 15.0 Å². The second-order valence-electron chi connectivity index (χ2n) is 4.88. The molecule has 0 radical (unpaired) electrons. The van der Waals surface area contributed by atoms with Gasteiger partial charge in [0.05, 0.1) is 6.20 Å². The van der Waals surface area contributed by atoms with Gasteiger partial charge in [0, 0.05) is 12.0 Å². The van der Waals surface area contributed by atoms with E-state index in [0.717, 1.165) is 22.0 Å². The molecule has 6 heteroatoms. The quantitative estimate of drug-likeness (QED) is 0.871. The van der Waals surface area contributed by atoms with Crippen molar-refractivity contribution in [2.45, 2.75) is 38.6 Å². The van der Waals surface area contributed by atoms with Gasteiger partial charge in [0.15, 0.2) is 0 Å². The third kappa shape index (κ3) is 2.94. The van der Waals surface area contributed by atoms with Gasteiger partial charge in [-0.2, -0.15) is 0 Å². The zero-order chi connectivity index (χ0) is 13.4. The van der Waals surface area contributed by atoms with E-state index in [1.165, 1.54) is 12.8 Å². The number of aryl methyl sites for hydroxylation is 1. The molecule has 0 saturated heterocycles. The zero-order valence-electron chi connectivity index (χ0n) is 10.9. The lowest BCUT2D eigenvalue weighted by molar-refractivity contribution is 0.453. The van der Waals surface area contributed by atoms with Gasteiger partial charge < -0.3 is 9.73 Å². The van der Waals surface area contributed by atoms with Crippen LogP contribution in [0.25, 0.3) is 0 Å². The molecule has 100 valence electrons. The first-order valence-corrected chi connectivity index (χ1v) is 7.14. The SMILES string of the molecule is Cc1cnc(C(C)Nc2cc(Br)nc(C3CC3)n2)o1. The van der Waals surface area contributed by atoms with Crippen LogP contribution in [0.5, 0.6) is 0 Å². The highest BCUT2D eigenvalue weighted by atomic mass is 79.9. The summed E-state index contributed by atoms with van der Waals surface area (Å²) in [6, 6.07) is 1.85. The molecule has 2 aromatic heterocycles. The van der Waals surface area contributed by atoms with Crippen LogP contribution in [-0.4, -0.2) is 15.0 Å². The van der Waals surface area contributed by atoms with Crippen LogP contribution in [0.2, 0.25) is 0 Å². The maximum atomic E-state index is 5.51. The maximum absolute atomic E-state index is 5.51. The monoisotopic (exact) mass is 322 g/mol. The molecule has 19 heavy (non-hydrogen) atoms. The number of halogens is 1. The van der Waals surface area contributed by atoms with Gasteiger partial charge >= 0.3 is 0 Å². The van der Waals surface area contributed by atoms with Crippen LogP contribution < -0.4 is 5.32 Å². The van der Waals surface area contributed by atoms with Gasteiger partial charge in [0.25, 0.3) is 0 Å². The van der Waals surface area contributed by atoms with Crippen molar-refractivity contribution in [2.75, 3.05) is 5.32 Å². The summed E-state index contributed by atoms with van der Waals surface area (Å²) in [6.07, 6.45) is 4.09. The number of anilines is 1. The van der Waals surface area contributed by atoms with Crippen molar-refractivity contribution in [3.8, 4) is 0 Å². The number of nitrogens with zero attached hydrogens (tertiary/aromatic N) is 3. The van der Waals surface area contributed by atoms with E-state index >= 15 is 0 Å². The third-order valence-corrected chi connectivity index (χ3v) is 3.43.